The number of nitrogens with one attached hydrogen (secondary N) is 1. The van der Waals surface area contributed by atoms with E-state index < -0.39 is 0 Å². The quantitative estimate of drug-likeness (QED) is 0.819. The lowest BCUT2D eigenvalue weighted by Crippen LogP contribution is -2.11. The highest BCUT2D eigenvalue weighted by atomic mass is 79.9. The smallest absolute Gasteiger partial charge is 0.120 e. The summed E-state index contributed by atoms with van der Waals surface area (Å²) in [4.78, 5) is 4.37. The van der Waals surface area contributed by atoms with Crippen molar-refractivity contribution >= 4 is 21.6 Å². The van der Waals surface area contributed by atoms with Gasteiger partial charge in [-0.1, -0.05) is 25.1 Å². The Hall–Kier alpha value is -1.55. The second kappa shape index (κ2) is 6.06. The van der Waals surface area contributed by atoms with Gasteiger partial charge in [-0.3, -0.25) is 0 Å². The number of benzene rings is 1. The summed E-state index contributed by atoms with van der Waals surface area (Å²) < 4.78 is 0.825. The number of hydrogen-bond acceptors (Lipinski definition) is 3. The van der Waals surface area contributed by atoms with Crippen LogP contribution in [-0.2, 0) is 0 Å². The van der Waals surface area contributed by atoms with E-state index in [1.807, 2.05) is 37.3 Å². The second-order valence-corrected chi connectivity index (χ2v) is 5.24. The molecule has 1 atom stereocenters. The Morgan fingerprint density at radius 3 is 2.63 bits per heavy atom. The molecular weight excluding hydrogens is 304 g/mol. The lowest BCUT2D eigenvalue weighted by molar-refractivity contribution is 0.462. The largest absolute Gasteiger partial charge is 0.508 e. The summed E-state index contributed by atoms with van der Waals surface area (Å²) in [5.74, 6) is 0.324. The predicted octanol–water partition coefficient (Wildman–Crippen LogP) is 4.42. The van der Waals surface area contributed by atoms with Crippen LogP contribution in [0.2, 0.25) is 0 Å². The number of phenolic OH excluding ortho intramolecular Hbond substituents is 1. The van der Waals surface area contributed by atoms with Crippen LogP contribution in [0, 0.1) is 6.92 Å². The maximum absolute atomic E-state index is 9.94. The van der Waals surface area contributed by atoms with E-state index in [1.165, 1.54) is 0 Å². The molecule has 0 aliphatic carbocycles. The highest BCUT2D eigenvalue weighted by Gasteiger charge is 2.14. The van der Waals surface area contributed by atoms with Gasteiger partial charge >= 0.3 is 0 Å². The van der Waals surface area contributed by atoms with Crippen LogP contribution < -0.4 is 5.32 Å². The molecule has 19 heavy (non-hydrogen) atoms. The Labute approximate surface area is 121 Å². The van der Waals surface area contributed by atoms with Gasteiger partial charge in [0.25, 0.3) is 0 Å². The Morgan fingerprint density at radius 1 is 1.26 bits per heavy atom. The molecule has 1 aromatic heterocycles. The van der Waals surface area contributed by atoms with Gasteiger partial charge in [0.15, 0.2) is 0 Å². The lowest BCUT2D eigenvalue weighted by Gasteiger charge is -2.20. The Morgan fingerprint density at radius 2 is 2.00 bits per heavy atom. The van der Waals surface area contributed by atoms with Crippen LogP contribution in [0.4, 0.5) is 5.69 Å². The molecular formula is C15H17BrN2O. The van der Waals surface area contributed by atoms with Gasteiger partial charge in [-0.25, -0.2) is 4.98 Å². The molecule has 1 unspecified atom stereocenters. The first-order valence-corrected chi connectivity index (χ1v) is 7.08. The van der Waals surface area contributed by atoms with Crippen molar-refractivity contribution in [1.82, 2.24) is 4.98 Å². The van der Waals surface area contributed by atoms with E-state index in [4.69, 9.17) is 0 Å². The fourth-order valence-electron chi connectivity index (χ4n) is 2.05. The predicted molar refractivity (Wildman–Crippen MR) is 81.4 cm³/mol. The first kappa shape index (κ1) is 13.9. The highest BCUT2D eigenvalue weighted by molar-refractivity contribution is 9.10. The molecule has 2 N–H and O–H groups in total. The number of rotatable bonds is 4. The maximum Gasteiger partial charge on any atom is 0.120 e. The molecule has 0 amide bonds. The molecule has 0 saturated heterocycles. The van der Waals surface area contributed by atoms with Crippen LogP contribution in [0.1, 0.15) is 30.6 Å². The van der Waals surface area contributed by atoms with Crippen LogP contribution >= 0.6 is 15.9 Å². The first-order valence-electron chi connectivity index (χ1n) is 6.29. The van der Waals surface area contributed by atoms with E-state index in [1.54, 1.807) is 6.07 Å². The third-order valence-corrected chi connectivity index (χ3v) is 3.54. The molecule has 0 fully saturated rings. The summed E-state index contributed by atoms with van der Waals surface area (Å²) in [5.41, 5.74) is 2.83. The second-order valence-electron chi connectivity index (χ2n) is 4.43. The number of aromatic nitrogens is 1. The molecule has 100 valence electrons. The van der Waals surface area contributed by atoms with E-state index in [0.29, 0.717) is 5.75 Å². The molecule has 3 nitrogen and oxygen atoms in total. The first-order chi connectivity index (χ1) is 9.11. The van der Waals surface area contributed by atoms with Crippen molar-refractivity contribution in [3.63, 3.8) is 0 Å². The van der Waals surface area contributed by atoms with Gasteiger partial charge in [0.1, 0.15) is 10.4 Å². The number of hydrogen-bond donors (Lipinski definition) is 2. The zero-order valence-corrected chi connectivity index (χ0v) is 12.6. The van der Waals surface area contributed by atoms with E-state index >= 15 is 0 Å². The van der Waals surface area contributed by atoms with Crippen molar-refractivity contribution in [2.24, 2.45) is 0 Å². The maximum atomic E-state index is 9.94. The molecule has 0 aliphatic heterocycles. The molecule has 2 rings (SSSR count). The van der Waals surface area contributed by atoms with Gasteiger partial charge in [-0.05, 0) is 47.5 Å². The number of phenols is 1. The number of aryl methyl sites for hydroxylation is 1. The number of pyridine rings is 1. The van der Waals surface area contributed by atoms with E-state index in [-0.39, 0.29) is 6.04 Å². The number of aromatic hydroxyl groups is 1. The third kappa shape index (κ3) is 3.26. The zero-order chi connectivity index (χ0) is 13.8. The monoisotopic (exact) mass is 320 g/mol. The van der Waals surface area contributed by atoms with Gasteiger partial charge < -0.3 is 10.4 Å². The summed E-state index contributed by atoms with van der Waals surface area (Å²) in [5, 5.41) is 13.4. The molecule has 0 aliphatic rings. The van der Waals surface area contributed by atoms with Crippen molar-refractivity contribution in [3.8, 4) is 5.75 Å². The normalized spacial score (nSPS) is 12.2. The van der Waals surface area contributed by atoms with Gasteiger partial charge in [-0.15, -0.1) is 0 Å². The summed E-state index contributed by atoms with van der Waals surface area (Å²) in [6, 6.07) is 11.4. The molecule has 0 spiro atoms. The van der Waals surface area contributed by atoms with Gasteiger partial charge in [0.2, 0.25) is 0 Å². The molecule has 0 bridgehead atoms. The minimum Gasteiger partial charge on any atom is -0.508 e. The number of nitrogens with zero attached hydrogens (tertiary/aromatic N) is 1. The van der Waals surface area contributed by atoms with Crippen molar-refractivity contribution < 1.29 is 5.11 Å². The topological polar surface area (TPSA) is 45.2 Å². The van der Waals surface area contributed by atoms with E-state index in [2.05, 4.69) is 33.2 Å². The van der Waals surface area contributed by atoms with Crippen molar-refractivity contribution in [2.45, 2.75) is 26.3 Å². The van der Waals surface area contributed by atoms with Crippen LogP contribution in [0.3, 0.4) is 0 Å². The zero-order valence-electron chi connectivity index (χ0n) is 11.0. The molecule has 1 aromatic carbocycles. The fourth-order valence-corrected chi connectivity index (χ4v) is 2.45. The summed E-state index contributed by atoms with van der Waals surface area (Å²) >= 11 is 3.36. The molecule has 0 saturated carbocycles. The summed E-state index contributed by atoms with van der Waals surface area (Å²) in [7, 11) is 0. The fraction of sp³-hybridized carbons (Fsp3) is 0.267. The Bertz CT molecular complexity index is 572. The molecule has 4 heteroatoms. The molecule has 1 heterocycles. The van der Waals surface area contributed by atoms with Crippen molar-refractivity contribution in [3.05, 3.63) is 52.3 Å². The van der Waals surface area contributed by atoms with Crippen LogP contribution in [0.5, 0.6) is 5.75 Å². The number of anilines is 1. The van der Waals surface area contributed by atoms with Crippen LogP contribution in [0.15, 0.2) is 41.0 Å². The number of para-hydroxylation sites is 1. The molecule has 0 radical (unpaired) electrons. The average Bonchev–Trinajstić information content (AvgIpc) is 2.39. The van der Waals surface area contributed by atoms with Gasteiger partial charge in [-0.2, -0.15) is 0 Å². The van der Waals surface area contributed by atoms with Crippen LogP contribution in [0.25, 0.3) is 0 Å². The summed E-state index contributed by atoms with van der Waals surface area (Å²) in [6.45, 7) is 4.05. The Balaban J connectivity index is 2.27. The van der Waals surface area contributed by atoms with Gasteiger partial charge in [0, 0.05) is 5.56 Å². The Kier molecular flexibility index (Phi) is 4.43. The van der Waals surface area contributed by atoms with Gasteiger partial charge in [0.05, 0.1) is 17.4 Å². The molecule has 2 aromatic rings. The van der Waals surface area contributed by atoms with Crippen molar-refractivity contribution in [1.29, 1.82) is 0 Å². The SMILES string of the molecule is CCC(Nc1ccc(Br)nc1C)c1ccccc1O. The average molecular weight is 321 g/mol. The van der Waals surface area contributed by atoms with Crippen LogP contribution in [-0.4, -0.2) is 10.1 Å². The summed E-state index contributed by atoms with van der Waals surface area (Å²) in [6.07, 6.45) is 0.882. The minimum absolute atomic E-state index is 0.0721. The lowest BCUT2D eigenvalue weighted by atomic mass is 10.0. The highest BCUT2D eigenvalue weighted by Crippen LogP contribution is 2.30. The number of halogens is 1. The van der Waals surface area contributed by atoms with E-state index in [0.717, 1.165) is 28.0 Å². The minimum atomic E-state index is 0.0721. The third-order valence-electron chi connectivity index (χ3n) is 3.10. The van der Waals surface area contributed by atoms with E-state index in [9.17, 15) is 5.11 Å². The van der Waals surface area contributed by atoms with Crippen molar-refractivity contribution in [2.75, 3.05) is 5.32 Å². The standard InChI is InChI=1S/C15H17BrN2O/c1-3-12(11-6-4-5-7-14(11)19)18-13-8-9-15(16)17-10(13)2/h4-9,12,18-19H,3H2,1-2H3.